The van der Waals surface area contributed by atoms with Gasteiger partial charge in [0, 0.05) is 12.6 Å². The number of rotatable bonds is 6. The molecule has 0 spiro atoms. The van der Waals surface area contributed by atoms with E-state index in [-0.39, 0.29) is 31.6 Å². The molecule has 0 aliphatic carbocycles. The van der Waals surface area contributed by atoms with Crippen LogP contribution in [0.5, 0.6) is 0 Å². The maximum Gasteiger partial charge on any atom is 0.240 e. The molecule has 1 atom stereocenters. The van der Waals surface area contributed by atoms with E-state index in [1.54, 1.807) is 6.07 Å². The van der Waals surface area contributed by atoms with Crippen molar-refractivity contribution >= 4 is 17.5 Å². The van der Waals surface area contributed by atoms with Crippen molar-refractivity contribution in [2.75, 3.05) is 36.5 Å². The highest BCUT2D eigenvalue weighted by atomic mass is 16.3. The summed E-state index contributed by atoms with van der Waals surface area (Å²) in [6, 6.07) is 1.89. The molecule has 0 bridgehead atoms. The van der Waals surface area contributed by atoms with Gasteiger partial charge in [0.1, 0.15) is 18.0 Å². The molecule has 1 amide bonds. The Morgan fingerprint density at radius 3 is 3.14 bits per heavy atom. The van der Waals surface area contributed by atoms with Crippen molar-refractivity contribution in [3.63, 3.8) is 0 Å². The molecule has 7 heteroatoms. The van der Waals surface area contributed by atoms with E-state index in [4.69, 9.17) is 6.42 Å². The maximum atomic E-state index is 11.5. The molecule has 0 saturated carbocycles. The number of aliphatic hydroxyl groups excluding tert-OH is 1. The largest absolute Gasteiger partial charge is 0.394 e. The van der Waals surface area contributed by atoms with Gasteiger partial charge in [-0.1, -0.05) is 5.92 Å². The molecule has 1 aromatic rings. The van der Waals surface area contributed by atoms with Crippen molar-refractivity contribution in [2.45, 2.75) is 25.3 Å². The lowest BCUT2D eigenvalue weighted by molar-refractivity contribution is -0.119. The lowest BCUT2D eigenvalue weighted by atomic mass is 10.0. The first kappa shape index (κ1) is 16.0. The first-order valence-corrected chi connectivity index (χ1v) is 7.38. The Morgan fingerprint density at radius 1 is 1.50 bits per heavy atom. The molecular weight excluding hydrogens is 282 g/mol. The summed E-state index contributed by atoms with van der Waals surface area (Å²) >= 11 is 0. The highest BCUT2D eigenvalue weighted by Gasteiger charge is 2.23. The molecule has 7 nitrogen and oxygen atoms in total. The molecular formula is C15H21N5O2. The van der Waals surface area contributed by atoms with Crippen molar-refractivity contribution in [3.8, 4) is 12.3 Å². The average molecular weight is 303 g/mol. The van der Waals surface area contributed by atoms with Crippen molar-refractivity contribution in [2.24, 2.45) is 0 Å². The molecule has 1 fully saturated rings. The standard InChI is InChI=1S/C15H21N5O2/c1-2-6-16-15(22)9-17-13-8-14(19-11-18-13)20-7-4-3-5-12(20)10-21/h1,8,11-12,21H,3-7,9-10H2,(H,16,22)(H,17,18,19). The van der Waals surface area contributed by atoms with Gasteiger partial charge in [0.25, 0.3) is 0 Å². The Bertz CT molecular complexity index is 543. The molecule has 22 heavy (non-hydrogen) atoms. The van der Waals surface area contributed by atoms with E-state index < -0.39 is 0 Å². The van der Waals surface area contributed by atoms with Crippen molar-refractivity contribution in [1.82, 2.24) is 15.3 Å². The minimum Gasteiger partial charge on any atom is -0.394 e. The Labute approximate surface area is 130 Å². The number of aliphatic hydroxyl groups is 1. The molecule has 2 heterocycles. The number of aromatic nitrogens is 2. The van der Waals surface area contributed by atoms with Gasteiger partial charge < -0.3 is 20.6 Å². The number of nitrogens with one attached hydrogen (secondary N) is 2. The van der Waals surface area contributed by atoms with Crippen LogP contribution in [0, 0.1) is 12.3 Å². The molecule has 0 radical (unpaired) electrons. The highest BCUT2D eigenvalue weighted by Crippen LogP contribution is 2.23. The lowest BCUT2D eigenvalue weighted by Gasteiger charge is -2.35. The third-order valence-electron chi connectivity index (χ3n) is 3.60. The quantitative estimate of drug-likeness (QED) is 0.640. The number of hydrogen-bond acceptors (Lipinski definition) is 6. The van der Waals surface area contributed by atoms with Crippen LogP contribution in [0.1, 0.15) is 19.3 Å². The minimum absolute atomic E-state index is 0.0930. The third-order valence-corrected chi connectivity index (χ3v) is 3.60. The van der Waals surface area contributed by atoms with E-state index in [0.29, 0.717) is 5.82 Å². The Balaban J connectivity index is 1.97. The molecule has 118 valence electrons. The number of anilines is 2. The van der Waals surface area contributed by atoms with Gasteiger partial charge in [-0.05, 0) is 19.3 Å². The molecule has 0 aromatic carbocycles. The van der Waals surface area contributed by atoms with Gasteiger partial charge in [-0.2, -0.15) is 0 Å². The molecule has 1 aliphatic heterocycles. The van der Waals surface area contributed by atoms with Crippen LogP contribution >= 0.6 is 0 Å². The number of hydrogen-bond donors (Lipinski definition) is 3. The summed E-state index contributed by atoms with van der Waals surface area (Å²) in [6.45, 7) is 1.29. The predicted octanol–water partition coefficient (Wildman–Crippen LogP) is -0.0109. The molecule has 2 rings (SSSR count). The van der Waals surface area contributed by atoms with Crippen LogP contribution in [0.2, 0.25) is 0 Å². The smallest absolute Gasteiger partial charge is 0.240 e. The number of nitrogens with zero attached hydrogens (tertiary/aromatic N) is 3. The summed E-state index contributed by atoms with van der Waals surface area (Å²) in [6.07, 6.45) is 9.69. The normalized spacial score (nSPS) is 17.6. The van der Waals surface area contributed by atoms with E-state index in [2.05, 4.69) is 31.4 Å². The van der Waals surface area contributed by atoms with Gasteiger partial charge >= 0.3 is 0 Å². The summed E-state index contributed by atoms with van der Waals surface area (Å²) in [5.74, 6) is 3.49. The average Bonchev–Trinajstić information content (AvgIpc) is 2.58. The minimum atomic E-state index is -0.190. The van der Waals surface area contributed by atoms with Crippen LogP contribution in [0.25, 0.3) is 0 Å². The first-order valence-electron chi connectivity index (χ1n) is 7.38. The van der Waals surface area contributed by atoms with Gasteiger partial charge in [0.2, 0.25) is 5.91 Å². The van der Waals surface area contributed by atoms with Crippen molar-refractivity contribution in [3.05, 3.63) is 12.4 Å². The number of amides is 1. The van der Waals surface area contributed by atoms with Gasteiger partial charge in [0.15, 0.2) is 0 Å². The van der Waals surface area contributed by atoms with Crippen LogP contribution in [0.4, 0.5) is 11.6 Å². The zero-order valence-electron chi connectivity index (χ0n) is 12.5. The van der Waals surface area contributed by atoms with E-state index in [9.17, 15) is 9.90 Å². The van der Waals surface area contributed by atoms with E-state index >= 15 is 0 Å². The number of piperidine rings is 1. The summed E-state index contributed by atoms with van der Waals surface area (Å²) in [7, 11) is 0. The summed E-state index contributed by atoms with van der Waals surface area (Å²) in [5.41, 5.74) is 0. The van der Waals surface area contributed by atoms with E-state index in [0.717, 1.165) is 31.6 Å². The summed E-state index contributed by atoms with van der Waals surface area (Å²) in [5, 5.41) is 15.0. The van der Waals surface area contributed by atoms with Crippen molar-refractivity contribution < 1.29 is 9.90 Å². The monoisotopic (exact) mass is 303 g/mol. The zero-order valence-corrected chi connectivity index (χ0v) is 12.5. The predicted molar refractivity (Wildman–Crippen MR) is 84.4 cm³/mol. The molecule has 1 unspecified atom stereocenters. The fourth-order valence-electron chi connectivity index (χ4n) is 2.48. The third kappa shape index (κ3) is 4.33. The fraction of sp³-hybridized carbons (Fsp3) is 0.533. The molecule has 1 saturated heterocycles. The van der Waals surface area contributed by atoms with Crippen LogP contribution < -0.4 is 15.5 Å². The molecule has 1 aliphatic rings. The van der Waals surface area contributed by atoms with Gasteiger partial charge in [-0.25, -0.2) is 9.97 Å². The Hall–Kier alpha value is -2.33. The second-order valence-electron chi connectivity index (χ2n) is 5.12. The lowest BCUT2D eigenvalue weighted by Crippen LogP contribution is -2.42. The van der Waals surface area contributed by atoms with Gasteiger partial charge in [-0.3, -0.25) is 4.79 Å². The first-order chi connectivity index (χ1) is 10.7. The van der Waals surface area contributed by atoms with Gasteiger partial charge in [-0.15, -0.1) is 6.42 Å². The summed E-state index contributed by atoms with van der Waals surface area (Å²) in [4.78, 5) is 22.0. The van der Waals surface area contributed by atoms with Crippen molar-refractivity contribution in [1.29, 1.82) is 0 Å². The van der Waals surface area contributed by atoms with Crippen LogP contribution in [-0.4, -0.2) is 53.3 Å². The van der Waals surface area contributed by atoms with Crippen LogP contribution in [0.15, 0.2) is 12.4 Å². The zero-order chi connectivity index (χ0) is 15.8. The maximum absolute atomic E-state index is 11.5. The van der Waals surface area contributed by atoms with Gasteiger partial charge in [0.05, 0.1) is 25.7 Å². The SMILES string of the molecule is C#CCNC(=O)CNc1cc(N2CCCCC2CO)ncn1. The van der Waals surface area contributed by atoms with Crippen LogP contribution in [-0.2, 0) is 4.79 Å². The number of carbonyl (C=O) groups is 1. The topological polar surface area (TPSA) is 90.4 Å². The Morgan fingerprint density at radius 2 is 2.36 bits per heavy atom. The fourth-order valence-corrected chi connectivity index (χ4v) is 2.48. The van der Waals surface area contributed by atoms with Crippen LogP contribution in [0.3, 0.4) is 0 Å². The Kier molecular flexibility index (Phi) is 5.98. The van der Waals surface area contributed by atoms with E-state index in [1.807, 2.05) is 0 Å². The van der Waals surface area contributed by atoms with E-state index in [1.165, 1.54) is 6.33 Å². The summed E-state index contributed by atoms with van der Waals surface area (Å²) < 4.78 is 0. The molecule has 1 aromatic heterocycles. The number of terminal acetylenes is 1. The second-order valence-corrected chi connectivity index (χ2v) is 5.12. The number of carbonyl (C=O) groups excluding carboxylic acids is 1. The second kappa shape index (κ2) is 8.20. The highest BCUT2D eigenvalue weighted by molar-refractivity contribution is 5.80. The molecule has 3 N–H and O–H groups in total.